The molecule has 10 heteroatoms. The number of nitrogens with zero attached hydrogens (tertiary/aromatic N) is 1. The van der Waals surface area contributed by atoms with E-state index in [9.17, 15) is 24.5 Å². The number of ether oxygens (including phenoxy) is 1. The molecule has 0 fully saturated rings. The van der Waals surface area contributed by atoms with Crippen molar-refractivity contribution < 1.29 is 28.5 Å². The van der Waals surface area contributed by atoms with Crippen LogP contribution >= 0.6 is 0 Å². The normalized spacial score (nSPS) is 10.7. The summed E-state index contributed by atoms with van der Waals surface area (Å²) in [5.41, 5.74) is -0.534. The van der Waals surface area contributed by atoms with Gasteiger partial charge in [0.15, 0.2) is 6.61 Å². The van der Waals surface area contributed by atoms with Gasteiger partial charge in [0.25, 0.3) is 5.91 Å². The van der Waals surface area contributed by atoms with Gasteiger partial charge in [-0.2, -0.15) is 0 Å². The van der Waals surface area contributed by atoms with E-state index >= 15 is 0 Å². The summed E-state index contributed by atoms with van der Waals surface area (Å²) in [5.74, 6) is -2.95. The summed E-state index contributed by atoms with van der Waals surface area (Å²) in [4.78, 5) is 43.8. The summed E-state index contributed by atoms with van der Waals surface area (Å²) in [6.07, 6.45) is 0. The number of nitro groups is 1. The second-order valence-electron chi connectivity index (χ2n) is 5.22. The number of urea groups is 1. The largest absolute Gasteiger partial charge is 0.450 e. The first-order valence-electron chi connectivity index (χ1n) is 6.12. The van der Waals surface area contributed by atoms with Crippen LogP contribution in [0.15, 0.2) is 16.5 Å². The van der Waals surface area contributed by atoms with Crippen molar-refractivity contribution in [1.29, 1.82) is 0 Å². The Labute approximate surface area is 124 Å². The van der Waals surface area contributed by atoms with E-state index in [4.69, 9.17) is 0 Å². The van der Waals surface area contributed by atoms with Crippen LogP contribution in [0.3, 0.4) is 0 Å². The molecule has 1 aromatic heterocycles. The summed E-state index contributed by atoms with van der Waals surface area (Å²) in [6.45, 7) is 4.44. The monoisotopic (exact) mass is 313 g/mol. The van der Waals surface area contributed by atoms with Gasteiger partial charge < -0.3 is 14.5 Å². The minimum absolute atomic E-state index is 0.418. The van der Waals surface area contributed by atoms with Crippen LogP contribution in [0, 0.1) is 10.1 Å². The minimum Gasteiger partial charge on any atom is -0.450 e. The lowest BCUT2D eigenvalue weighted by atomic mass is 10.1. The fourth-order valence-corrected chi connectivity index (χ4v) is 1.27. The summed E-state index contributed by atoms with van der Waals surface area (Å²) in [6, 6.07) is 1.29. The molecule has 3 amide bonds. The Kier molecular flexibility index (Phi) is 5.22. The number of hydrogen-bond acceptors (Lipinski definition) is 7. The van der Waals surface area contributed by atoms with Crippen LogP contribution < -0.4 is 10.6 Å². The average Bonchev–Trinajstić information content (AvgIpc) is 2.83. The quantitative estimate of drug-likeness (QED) is 0.479. The van der Waals surface area contributed by atoms with Gasteiger partial charge in [-0.05, 0) is 26.8 Å². The van der Waals surface area contributed by atoms with Crippen molar-refractivity contribution in [3.63, 3.8) is 0 Å². The lowest BCUT2D eigenvalue weighted by Crippen LogP contribution is -2.49. The molecule has 0 bridgehead atoms. The lowest BCUT2D eigenvalue weighted by molar-refractivity contribution is -0.402. The first kappa shape index (κ1) is 17.1. The summed E-state index contributed by atoms with van der Waals surface area (Å²) in [5, 5.41) is 14.8. The number of esters is 1. The summed E-state index contributed by atoms with van der Waals surface area (Å²) >= 11 is 0. The second kappa shape index (κ2) is 6.70. The van der Waals surface area contributed by atoms with Crippen LogP contribution in [-0.2, 0) is 9.53 Å². The highest BCUT2D eigenvalue weighted by atomic mass is 16.7. The molecule has 10 nitrogen and oxygen atoms in total. The zero-order chi connectivity index (χ0) is 16.9. The van der Waals surface area contributed by atoms with Gasteiger partial charge in [0, 0.05) is 5.54 Å². The van der Waals surface area contributed by atoms with E-state index in [2.05, 4.69) is 14.5 Å². The molecule has 0 aliphatic heterocycles. The molecule has 1 heterocycles. The van der Waals surface area contributed by atoms with Gasteiger partial charge >= 0.3 is 17.9 Å². The standard InChI is InChI=1S/C12H15N3O7/c1-12(2,3)14-11(18)13-8(16)6-21-10(17)7-4-5-9(22-7)15(19)20/h4-5H,6H2,1-3H3,(H2,13,14,16,18). The maximum atomic E-state index is 11.5. The molecule has 120 valence electrons. The third-order valence-corrected chi connectivity index (χ3v) is 2.05. The highest BCUT2D eigenvalue weighted by Crippen LogP contribution is 2.16. The molecule has 22 heavy (non-hydrogen) atoms. The minimum atomic E-state index is -1.06. The van der Waals surface area contributed by atoms with Crippen molar-refractivity contribution >= 4 is 23.8 Å². The molecule has 0 radical (unpaired) electrons. The number of nitrogens with one attached hydrogen (secondary N) is 2. The maximum Gasteiger partial charge on any atom is 0.433 e. The predicted octanol–water partition coefficient (Wildman–Crippen LogP) is 0.969. The average molecular weight is 313 g/mol. The van der Waals surface area contributed by atoms with Crippen LogP contribution in [0.5, 0.6) is 0 Å². The Morgan fingerprint density at radius 1 is 1.32 bits per heavy atom. The van der Waals surface area contributed by atoms with E-state index in [1.165, 1.54) is 0 Å². The van der Waals surface area contributed by atoms with Crippen LogP contribution in [0.2, 0.25) is 0 Å². The molecule has 0 spiro atoms. The Bertz CT molecular complexity index is 600. The van der Waals surface area contributed by atoms with Crippen molar-refractivity contribution in [3.8, 4) is 0 Å². The molecular formula is C12H15N3O7. The molecule has 0 aliphatic rings. The molecule has 0 saturated heterocycles. The van der Waals surface area contributed by atoms with Gasteiger partial charge in [0.05, 0.1) is 6.07 Å². The summed E-state index contributed by atoms with van der Waals surface area (Å²) in [7, 11) is 0. The maximum absolute atomic E-state index is 11.5. The molecule has 2 N–H and O–H groups in total. The number of furan rings is 1. The Morgan fingerprint density at radius 2 is 1.95 bits per heavy atom. The second-order valence-corrected chi connectivity index (χ2v) is 5.22. The van der Waals surface area contributed by atoms with Crippen molar-refractivity contribution in [2.75, 3.05) is 6.61 Å². The van der Waals surface area contributed by atoms with Gasteiger partial charge in [-0.15, -0.1) is 0 Å². The van der Waals surface area contributed by atoms with Gasteiger partial charge in [-0.1, -0.05) is 0 Å². The SMILES string of the molecule is CC(C)(C)NC(=O)NC(=O)COC(=O)c1ccc([N+](=O)[O-])o1. The van der Waals surface area contributed by atoms with E-state index in [1.807, 2.05) is 5.32 Å². The molecule has 0 saturated carbocycles. The van der Waals surface area contributed by atoms with Crippen LogP contribution in [0.1, 0.15) is 31.3 Å². The van der Waals surface area contributed by atoms with Gasteiger partial charge in [0.1, 0.15) is 4.92 Å². The molecule has 1 rings (SSSR count). The zero-order valence-corrected chi connectivity index (χ0v) is 12.2. The first-order valence-corrected chi connectivity index (χ1v) is 6.12. The number of rotatable bonds is 4. The van der Waals surface area contributed by atoms with E-state index in [0.29, 0.717) is 0 Å². The van der Waals surface area contributed by atoms with Crippen LogP contribution in [-0.4, -0.2) is 35.0 Å². The van der Waals surface area contributed by atoms with Gasteiger partial charge in [-0.3, -0.25) is 20.2 Å². The summed E-state index contributed by atoms with van der Waals surface area (Å²) < 4.78 is 9.17. The number of carbonyl (C=O) groups excluding carboxylic acids is 3. The number of hydrogen-bond donors (Lipinski definition) is 2. The Hall–Kier alpha value is -2.91. The fourth-order valence-electron chi connectivity index (χ4n) is 1.27. The molecule has 0 unspecified atom stereocenters. The van der Waals surface area contributed by atoms with E-state index in [-0.39, 0.29) is 0 Å². The molecule has 0 aromatic carbocycles. The smallest absolute Gasteiger partial charge is 0.433 e. The van der Waals surface area contributed by atoms with E-state index in [0.717, 1.165) is 12.1 Å². The Balaban J connectivity index is 2.44. The highest BCUT2D eigenvalue weighted by Gasteiger charge is 2.20. The lowest BCUT2D eigenvalue weighted by Gasteiger charge is -2.20. The van der Waals surface area contributed by atoms with Crippen molar-refractivity contribution in [3.05, 3.63) is 28.0 Å². The van der Waals surface area contributed by atoms with Gasteiger partial charge in [-0.25, -0.2) is 9.59 Å². The van der Waals surface area contributed by atoms with Crippen LogP contribution in [0.25, 0.3) is 0 Å². The van der Waals surface area contributed by atoms with Crippen molar-refractivity contribution in [1.82, 2.24) is 10.6 Å². The third-order valence-electron chi connectivity index (χ3n) is 2.05. The van der Waals surface area contributed by atoms with Crippen molar-refractivity contribution in [2.45, 2.75) is 26.3 Å². The third kappa shape index (κ3) is 5.61. The number of amides is 3. The van der Waals surface area contributed by atoms with E-state index < -0.39 is 46.6 Å². The van der Waals surface area contributed by atoms with Crippen molar-refractivity contribution in [2.24, 2.45) is 0 Å². The topological polar surface area (TPSA) is 141 Å². The Morgan fingerprint density at radius 3 is 2.45 bits per heavy atom. The first-order chi connectivity index (χ1) is 10.1. The fraction of sp³-hybridized carbons (Fsp3) is 0.417. The predicted molar refractivity (Wildman–Crippen MR) is 72.1 cm³/mol. The zero-order valence-electron chi connectivity index (χ0n) is 12.2. The molecule has 0 atom stereocenters. The highest BCUT2D eigenvalue weighted by molar-refractivity contribution is 5.96. The van der Waals surface area contributed by atoms with Gasteiger partial charge in [0.2, 0.25) is 5.76 Å². The number of imide groups is 1. The molecule has 0 aliphatic carbocycles. The van der Waals surface area contributed by atoms with E-state index in [1.54, 1.807) is 20.8 Å². The molecular weight excluding hydrogens is 298 g/mol. The molecule has 1 aromatic rings. The number of carbonyl (C=O) groups is 3. The van der Waals surface area contributed by atoms with Crippen LogP contribution in [0.4, 0.5) is 10.7 Å².